The minimum Gasteiger partial charge on any atom is -0.457 e. The lowest BCUT2D eigenvalue weighted by molar-refractivity contribution is 0.0937. The van der Waals surface area contributed by atoms with Gasteiger partial charge in [-0.2, -0.15) is 0 Å². The van der Waals surface area contributed by atoms with Crippen molar-refractivity contribution in [2.24, 2.45) is 0 Å². The van der Waals surface area contributed by atoms with E-state index < -0.39 is 0 Å². The van der Waals surface area contributed by atoms with Crippen LogP contribution in [0.4, 0.5) is 0 Å². The Bertz CT molecular complexity index is 5020. The Morgan fingerprint density at radius 1 is 0.250 bits per heavy atom. The minimum absolute atomic E-state index is 0.133. The number of carbonyl (C=O) groups is 4. The molecule has 26 nitrogen and oxygen atoms in total. The fraction of sp³-hybridized carbons (Fsp3) is 0.0889. The predicted octanol–water partition coefficient (Wildman–Crippen LogP) is 15.0. The second-order valence-corrected chi connectivity index (χ2v) is 25.8. The Hall–Kier alpha value is -15.9. The smallest absolute Gasteiger partial charge is 0.270 e. The number of hydrogen-bond donors (Lipinski definition) is 4. The topological polar surface area (TPSA) is 302 Å². The molecule has 0 aliphatic rings. The van der Waals surface area contributed by atoms with Crippen LogP contribution < -0.4 is 40.2 Å². The molecule has 26 heteroatoms. The van der Waals surface area contributed by atoms with Gasteiger partial charge in [-0.3, -0.25) is 29.1 Å². The zero-order valence-electron chi connectivity index (χ0n) is 62.7. The van der Waals surface area contributed by atoms with E-state index in [1.807, 2.05) is 280 Å². The second-order valence-electron chi connectivity index (χ2n) is 25.8. The van der Waals surface area contributed by atoms with E-state index in [0.29, 0.717) is 84.6 Å². The van der Waals surface area contributed by atoms with E-state index in [1.54, 1.807) is 91.8 Å². The summed E-state index contributed by atoms with van der Waals surface area (Å²) in [5.74, 6) is 5.46. The van der Waals surface area contributed by atoms with Crippen LogP contribution in [0.5, 0.6) is 46.0 Å². The van der Waals surface area contributed by atoms with Gasteiger partial charge in [-0.1, -0.05) is 191 Å². The number of carbonyl (C=O) groups excluding carboxylic acids is 4. The van der Waals surface area contributed by atoms with Gasteiger partial charge in [0, 0.05) is 23.5 Å². The van der Waals surface area contributed by atoms with Crippen molar-refractivity contribution in [1.29, 1.82) is 0 Å². The van der Waals surface area contributed by atoms with E-state index in [2.05, 4.69) is 72.5 Å². The monoisotopic (exact) mass is 1540 g/mol. The standard InChI is InChI=1S/2C23H20N4O2.2C22H19N5O2/c2*28-23(19-9-3-1-4-10-19)24-15-20-17-27(26-25-20)16-18-8-7-13-22(14-18)29-21-11-5-2-6-12-21;2*28-22(21-11-4-5-12-23-21)24-14-18-16-27(26-25-18)15-17-7-6-10-20(13-17)29-19-8-2-1-3-9-19/h2*1-14,17H,15-16H2,(H,24,28);2*1-13,16H,14-15H2,(H,24,28). The second kappa shape index (κ2) is 41.3. The number of hydrogen-bond acceptors (Lipinski definition) is 18. The molecule has 0 atom stereocenters. The molecule has 16 rings (SSSR count). The number of amides is 4. The Kier molecular flexibility index (Phi) is 27.8. The van der Waals surface area contributed by atoms with Crippen molar-refractivity contribution in [2.45, 2.75) is 52.4 Å². The fourth-order valence-corrected chi connectivity index (χ4v) is 11.3. The van der Waals surface area contributed by atoms with E-state index >= 15 is 0 Å². The molecular weight excluding hydrogens is 1460 g/mol. The molecule has 0 aliphatic carbocycles. The summed E-state index contributed by atoms with van der Waals surface area (Å²) in [5, 5.41) is 44.4. The molecule has 116 heavy (non-hydrogen) atoms. The lowest BCUT2D eigenvalue weighted by atomic mass is 10.2. The molecule has 0 fully saturated rings. The van der Waals surface area contributed by atoms with Crippen molar-refractivity contribution in [3.8, 4) is 46.0 Å². The molecule has 0 saturated carbocycles. The molecule has 0 aliphatic heterocycles. The first-order valence-electron chi connectivity index (χ1n) is 36.9. The van der Waals surface area contributed by atoms with Crippen molar-refractivity contribution in [3.05, 3.63) is 420 Å². The molecule has 6 heterocycles. The van der Waals surface area contributed by atoms with E-state index in [9.17, 15) is 19.2 Å². The quantitative estimate of drug-likeness (QED) is 0.0354. The maximum Gasteiger partial charge on any atom is 0.270 e. The Balaban J connectivity index is 0.000000135. The molecule has 0 bridgehead atoms. The van der Waals surface area contributed by atoms with Crippen LogP contribution >= 0.6 is 0 Å². The van der Waals surface area contributed by atoms with Crippen LogP contribution in [0, 0.1) is 0 Å². The summed E-state index contributed by atoms with van der Waals surface area (Å²) in [4.78, 5) is 56.4. The molecule has 16 aromatic rings. The Morgan fingerprint density at radius 2 is 0.483 bits per heavy atom. The van der Waals surface area contributed by atoms with E-state index in [1.165, 1.54) is 0 Å². The van der Waals surface area contributed by atoms with Crippen LogP contribution in [0.1, 0.15) is 86.7 Å². The highest BCUT2D eigenvalue weighted by atomic mass is 16.5. The fourth-order valence-electron chi connectivity index (χ4n) is 11.3. The largest absolute Gasteiger partial charge is 0.457 e. The highest BCUT2D eigenvalue weighted by Crippen LogP contribution is 2.27. The van der Waals surface area contributed by atoms with E-state index in [4.69, 9.17) is 18.9 Å². The van der Waals surface area contributed by atoms with Gasteiger partial charge >= 0.3 is 0 Å². The molecule has 576 valence electrons. The van der Waals surface area contributed by atoms with Crippen molar-refractivity contribution in [3.63, 3.8) is 0 Å². The number of pyridine rings is 2. The number of para-hydroxylation sites is 4. The van der Waals surface area contributed by atoms with Gasteiger partial charge in [0.25, 0.3) is 23.6 Å². The molecular formula is C90H78N18O8. The average Bonchev–Trinajstić information content (AvgIpc) is 1.81. The molecule has 0 saturated heterocycles. The molecule has 0 spiro atoms. The van der Waals surface area contributed by atoms with Gasteiger partial charge in [0.1, 0.15) is 80.2 Å². The molecule has 6 aromatic heterocycles. The van der Waals surface area contributed by atoms with Crippen molar-refractivity contribution in [2.75, 3.05) is 0 Å². The number of ether oxygens (including phenoxy) is 4. The van der Waals surface area contributed by atoms with Gasteiger partial charge in [0.05, 0.1) is 77.1 Å². The highest BCUT2D eigenvalue weighted by Gasteiger charge is 2.14. The third kappa shape index (κ3) is 25.1. The van der Waals surface area contributed by atoms with Gasteiger partial charge < -0.3 is 40.2 Å². The van der Waals surface area contributed by atoms with Crippen molar-refractivity contribution in [1.82, 2.24) is 91.2 Å². The van der Waals surface area contributed by atoms with Crippen LogP contribution in [0.3, 0.4) is 0 Å². The van der Waals surface area contributed by atoms with Gasteiger partial charge in [-0.15, -0.1) is 20.4 Å². The first-order chi connectivity index (χ1) is 57.0. The highest BCUT2D eigenvalue weighted by molar-refractivity contribution is 5.95. The van der Waals surface area contributed by atoms with E-state index in [0.717, 1.165) is 68.2 Å². The third-order valence-electron chi connectivity index (χ3n) is 16.8. The maximum atomic E-state index is 12.1. The Labute approximate surface area is 668 Å². The lowest BCUT2D eigenvalue weighted by Crippen LogP contribution is -2.23. The SMILES string of the molecule is O=C(NCc1cn(Cc2cccc(Oc3ccccc3)c2)nn1)c1ccccc1.O=C(NCc1cn(Cc2cccc(Oc3ccccc3)c2)nn1)c1ccccc1.O=C(NCc1cn(Cc2cccc(Oc3ccccc3)c2)nn1)c1ccccn1.O=C(NCc1cn(Cc2cccc(Oc3ccccc3)c2)nn1)c1ccccn1. The van der Waals surface area contributed by atoms with Gasteiger partial charge in [0.15, 0.2) is 0 Å². The average molecular weight is 1540 g/mol. The van der Waals surface area contributed by atoms with Crippen LogP contribution in [0.15, 0.2) is 353 Å². The van der Waals surface area contributed by atoms with E-state index in [-0.39, 0.29) is 36.7 Å². The third-order valence-corrected chi connectivity index (χ3v) is 16.8. The molecule has 4 amide bonds. The predicted molar refractivity (Wildman–Crippen MR) is 434 cm³/mol. The van der Waals surface area contributed by atoms with Crippen molar-refractivity contribution >= 4 is 23.6 Å². The molecule has 0 unspecified atom stereocenters. The van der Waals surface area contributed by atoms with Gasteiger partial charge in [0.2, 0.25) is 0 Å². The number of nitrogens with one attached hydrogen (secondary N) is 4. The van der Waals surface area contributed by atoms with Crippen LogP contribution in [-0.2, 0) is 52.4 Å². The summed E-state index contributed by atoms with van der Waals surface area (Å²) in [5.41, 5.74) is 8.88. The Morgan fingerprint density at radius 3 is 0.733 bits per heavy atom. The normalized spacial score (nSPS) is 10.5. The molecule has 4 N–H and O–H groups in total. The van der Waals surface area contributed by atoms with Crippen molar-refractivity contribution < 1.29 is 38.1 Å². The van der Waals surface area contributed by atoms with Crippen LogP contribution in [0.2, 0.25) is 0 Å². The zero-order chi connectivity index (χ0) is 79.6. The summed E-state index contributed by atoms with van der Waals surface area (Å²) in [6.45, 7) is 3.44. The first-order valence-corrected chi connectivity index (χ1v) is 36.9. The summed E-state index contributed by atoms with van der Waals surface area (Å²) in [6, 6.07) is 98.6. The number of nitrogens with zero attached hydrogens (tertiary/aromatic N) is 14. The molecule has 0 radical (unpaired) electrons. The number of benzene rings is 10. The van der Waals surface area contributed by atoms with Crippen LogP contribution in [-0.4, -0.2) is 93.6 Å². The maximum absolute atomic E-state index is 12.1. The van der Waals surface area contributed by atoms with Gasteiger partial charge in [-0.25, -0.2) is 18.7 Å². The van der Waals surface area contributed by atoms with Crippen LogP contribution in [0.25, 0.3) is 0 Å². The number of rotatable bonds is 28. The van der Waals surface area contributed by atoms with Gasteiger partial charge in [-0.05, 0) is 168 Å². The summed E-state index contributed by atoms with van der Waals surface area (Å²) < 4.78 is 30.4. The summed E-state index contributed by atoms with van der Waals surface area (Å²) in [7, 11) is 0. The zero-order valence-corrected chi connectivity index (χ0v) is 62.7. The minimum atomic E-state index is -0.245. The lowest BCUT2D eigenvalue weighted by Gasteiger charge is -2.07. The summed E-state index contributed by atoms with van der Waals surface area (Å²) >= 11 is 0. The molecule has 10 aromatic carbocycles. The summed E-state index contributed by atoms with van der Waals surface area (Å²) in [6.07, 6.45) is 10.4. The first kappa shape index (κ1) is 78.3. The number of aromatic nitrogens is 14.